The van der Waals surface area contributed by atoms with E-state index in [9.17, 15) is 4.39 Å². The van der Waals surface area contributed by atoms with Crippen molar-refractivity contribution in [2.45, 2.75) is 57.2 Å². The van der Waals surface area contributed by atoms with Gasteiger partial charge >= 0.3 is 0 Å². The molecule has 0 bridgehead atoms. The van der Waals surface area contributed by atoms with Gasteiger partial charge in [-0.05, 0) is 37.8 Å². The second kappa shape index (κ2) is 6.53. The van der Waals surface area contributed by atoms with Crippen molar-refractivity contribution in [3.8, 4) is 0 Å². The minimum atomic E-state index is -0.400. The van der Waals surface area contributed by atoms with Gasteiger partial charge in [-0.15, -0.1) is 0 Å². The number of hydrogen-bond donors (Lipinski definition) is 0. The summed E-state index contributed by atoms with van der Waals surface area (Å²) in [5.74, 6) is 0.351. The fourth-order valence-corrected chi connectivity index (χ4v) is 3.27. The summed E-state index contributed by atoms with van der Waals surface area (Å²) in [6.45, 7) is 1.82. The Labute approximate surface area is 120 Å². The second-order valence-corrected chi connectivity index (χ2v) is 5.90. The lowest BCUT2D eigenvalue weighted by Crippen LogP contribution is -2.39. The highest BCUT2D eigenvalue weighted by Gasteiger charge is 2.24. The van der Waals surface area contributed by atoms with E-state index in [-0.39, 0.29) is 0 Å². The van der Waals surface area contributed by atoms with Crippen molar-refractivity contribution in [3.63, 3.8) is 0 Å². The van der Waals surface area contributed by atoms with Crippen LogP contribution in [0.1, 0.15) is 44.9 Å². The van der Waals surface area contributed by atoms with E-state index in [1.807, 2.05) is 6.07 Å². The van der Waals surface area contributed by atoms with Gasteiger partial charge in [0.15, 0.2) is 0 Å². The van der Waals surface area contributed by atoms with Crippen molar-refractivity contribution < 1.29 is 9.13 Å². The van der Waals surface area contributed by atoms with Crippen LogP contribution < -0.4 is 4.90 Å². The van der Waals surface area contributed by atoms with Gasteiger partial charge in [-0.3, -0.25) is 0 Å². The maximum atomic E-state index is 13.1. The van der Waals surface area contributed by atoms with E-state index in [0.717, 1.165) is 31.7 Å². The maximum Gasteiger partial charge on any atom is 0.214 e. The van der Waals surface area contributed by atoms with Gasteiger partial charge in [0.2, 0.25) is 5.95 Å². The molecule has 1 aliphatic heterocycles. The lowest BCUT2D eigenvalue weighted by atomic mass is 9.97. The van der Waals surface area contributed by atoms with Gasteiger partial charge in [-0.2, -0.15) is 4.39 Å². The monoisotopic (exact) mass is 278 g/mol. The van der Waals surface area contributed by atoms with Crippen molar-refractivity contribution in [1.82, 2.24) is 4.98 Å². The average Bonchev–Trinajstić information content (AvgIpc) is 2.49. The molecule has 0 N–H and O–H groups in total. The smallest absolute Gasteiger partial charge is 0.214 e. The highest BCUT2D eigenvalue weighted by Crippen LogP contribution is 2.26. The minimum absolute atomic E-state index is 0.378. The first-order chi connectivity index (χ1) is 9.81. The molecule has 110 valence electrons. The minimum Gasteiger partial charge on any atom is -0.375 e. The summed E-state index contributed by atoms with van der Waals surface area (Å²) in [4.78, 5) is 6.11. The molecule has 3 rings (SSSR count). The molecule has 1 aromatic heterocycles. The molecule has 2 fully saturated rings. The van der Waals surface area contributed by atoms with Crippen LogP contribution in [0.2, 0.25) is 0 Å². The molecular formula is C16H23FN2O. The number of rotatable bonds is 3. The lowest BCUT2D eigenvalue weighted by molar-refractivity contribution is -0.0395. The molecule has 2 aliphatic rings. The van der Waals surface area contributed by atoms with Crippen LogP contribution in [0.4, 0.5) is 10.2 Å². The van der Waals surface area contributed by atoms with Crippen LogP contribution in [0.25, 0.3) is 0 Å². The number of aromatic nitrogens is 1. The number of nitrogens with zero attached hydrogens (tertiary/aromatic N) is 2. The van der Waals surface area contributed by atoms with Crippen molar-refractivity contribution in [2.24, 2.45) is 0 Å². The molecule has 0 spiro atoms. The van der Waals surface area contributed by atoms with Crippen LogP contribution in [-0.2, 0) is 4.74 Å². The Kier molecular flexibility index (Phi) is 4.51. The molecule has 2 heterocycles. The second-order valence-electron chi connectivity index (χ2n) is 5.90. The Bertz CT molecular complexity index is 426. The van der Waals surface area contributed by atoms with E-state index in [4.69, 9.17) is 4.74 Å². The average molecular weight is 278 g/mol. The number of pyridine rings is 1. The van der Waals surface area contributed by atoms with Crippen molar-refractivity contribution >= 4 is 5.82 Å². The van der Waals surface area contributed by atoms with Crippen LogP contribution in [0.5, 0.6) is 0 Å². The Hall–Kier alpha value is -1.16. The summed E-state index contributed by atoms with van der Waals surface area (Å²) in [6.07, 6.45) is 9.35. The molecule has 1 aliphatic carbocycles. The largest absolute Gasteiger partial charge is 0.375 e. The van der Waals surface area contributed by atoms with Gasteiger partial charge in [0.25, 0.3) is 0 Å². The SMILES string of the molecule is Fc1cccc(N2CCC(OC3CCCCC3)CC2)n1. The lowest BCUT2D eigenvalue weighted by Gasteiger charge is -2.35. The van der Waals surface area contributed by atoms with Crippen LogP contribution in [-0.4, -0.2) is 30.3 Å². The quantitative estimate of drug-likeness (QED) is 0.791. The van der Waals surface area contributed by atoms with E-state index in [1.165, 1.54) is 38.2 Å². The zero-order chi connectivity index (χ0) is 13.8. The summed E-state index contributed by atoms with van der Waals surface area (Å²) in [7, 11) is 0. The van der Waals surface area contributed by atoms with Gasteiger partial charge in [-0.25, -0.2) is 4.98 Å². The molecule has 0 radical (unpaired) electrons. The van der Waals surface area contributed by atoms with E-state index >= 15 is 0 Å². The number of anilines is 1. The maximum absolute atomic E-state index is 13.1. The summed E-state index contributed by atoms with van der Waals surface area (Å²) in [6, 6.07) is 5.00. The third-order valence-electron chi connectivity index (χ3n) is 4.40. The van der Waals surface area contributed by atoms with Gasteiger partial charge in [0.05, 0.1) is 12.2 Å². The van der Waals surface area contributed by atoms with Crippen LogP contribution in [0, 0.1) is 5.95 Å². The highest BCUT2D eigenvalue weighted by atomic mass is 19.1. The van der Waals surface area contributed by atoms with Crippen LogP contribution in [0.15, 0.2) is 18.2 Å². The number of halogens is 1. The Morgan fingerprint density at radius 2 is 1.70 bits per heavy atom. The number of hydrogen-bond acceptors (Lipinski definition) is 3. The first kappa shape index (κ1) is 13.8. The molecule has 4 heteroatoms. The van der Waals surface area contributed by atoms with E-state index in [2.05, 4.69) is 9.88 Å². The van der Waals surface area contributed by atoms with Gasteiger partial charge in [-0.1, -0.05) is 25.3 Å². The summed E-state index contributed by atoms with van der Waals surface area (Å²) in [5, 5.41) is 0. The molecule has 0 unspecified atom stereocenters. The molecular weight excluding hydrogens is 255 g/mol. The van der Waals surface area contributed by atoms with E-state index < -0.39 is 5.95 Å². The fourth-order valence-electron chi connectivity index (χ4n) is 3.27. The van der Waals surface area contributed by atoms with Crippen LogP contribution in [0.3, 0.4) is 0 Å². The Balaban J connectivity index is 1.49. The standard InChI is InChI=1S/C16H23FN2O/c17-15-7-4-8-16(18-15)19-11-9-14(10-12-19)20-13-5-2-1-3-6-13/h4,7-8,13-14H,1-3,5-6,9-12H2. The molecule has 0 amide bonds. The predicted molar refractivity (Wildman–Crippen MR) is 77.4 cm³/mol. The topological polar surface area (TPSA) is 25.4 Å². The fraction of sp³-hybridized carbons (Fsp3) is 0.688. The molecule has 20 heavy (non-hydrogen) atoms. The molecule has 0 aromatic carbocycles. The van der Waals surface area contributed by atoms with Crippen molar-refractivity contribution in [1.29, 1.82) is 0 Å². The summed E-state index contributed by atoms with van der Waals surface area (Å²) in [5.41, 5.74) is 0. The first-order valence-electron chi connectivity index (χ1n) is 7.84. The van der Waals surface area contributed by atoms with Crippen molar-refractivity contribution in [3.05, 3.63) is 24.1 Å². The van der Waals surface area contributed by atoms with Gasteiger partial charge in [0, 0.05) is 13.1 Å². The molecule has 1 saturated carbocycles. The Morgan fingerprint density at radius 1 is 1.00 bits per heavy atom. The molecule has 1 aromatic rings. The summed E-state index contributed by atoms with van der Waals surface area (Å²) < 4.78 is 19.4. The normalized spacial score (nSPS) is 22.1. The number of ether oxygens (including phenoxy) is 1. The van der Waals surface area contributed by atoms with E-state index in [0.29, 0.717) is 12.2 Å². The third-order valence-corrected chi connectivity index (χ3v) is 4.40. The highest BCUT2D eigenvalue weighted by molar-refractivity contribution is 5.38. The first-order valence-corrected chi connectivity index (χ1v) is 7.84. The zero-order valence-electron chi connectivity index (χ0n) is 11.9. The van der Waals surface area contributed by atoms with Gasteiger partial charge in [0.1, 0.15) is 5.82 Å². The van der Waals surface area contributed by atoms with Gasteiger partial charge < -0.3 is 9.64 Å². The van der Waals surface area contributed by atoms with Crippen molar-refractivity contribution in [2.75, 3.05) is 18.0 Å². The summed E-state index contributed by atoms with van der Waals surface area (Å²) >= 11 is 0. The molecule has 0 atom stereocenters. The Morgan fingerprint density at radius 3 is 2.40 bits per heavy atom. The zero-order valence-corrected chi connectivity index (χ0v) is 11.9. The van der Waals surface area contributed by atoms with Crippen LogP contribution >= 0.6 is 0 Å². The molecule has 1 saturated heterocycles. The third kappa shape index (κ3) is 3.48. The predicted octanol–water partition coefficient (Wildman–Crippen LogP) is 3.54. The van der Waals surface area contributed by atoms with E-state index in [1.54, 1.807) is 6.07 Å². The number of piperidine rings is 1. The molecule has 3 nitrogen and oxygen atoms in total.